The molecule has 3 rings (SSSR count). The zero-order valence-electron chi connectivity index (χ0n) is 13.5. The second-order valence-corrected chi connectivity index (χ2v) is 7.60. The average molecular weight is 346 g/mol. The molecular formula is C18H22N2O3S. The van der Waals surface area contributed by atoms with Gasteiger partial charge in [0.25, 0.3) is 5.24 Å². The molecule has 5 nitrogen and oxygen atoms in total. The van der Waals surface area contributed by atoms with E-state index < -0.39 is 0 Å². The van der Waals surface area contributed by atoms with E-state index in [1.165, 1.54) is 12.8 Å². The Bertz CT molecular complexity index is 624. The van der Waals surface area contributed by atoms with E-state index in [1.54, 1.807) is 0 Å². The van der Waals surface area contributed by atoms with Crippen molar-refractivity contribution >= 4 is 28.8 Å². The second kappa shape index (κ2) is 7.83. The summed E-state index contributed by atoms with van der Waals surface area (Å²) in [4.78, 5) is 34.7. The summed E-state index contributed by atoms with van der Waals surface area (Å²) >= 11 is 1.05. The lowest BCUT2D eigenvalue weighted by Crippen LogP contribution is -2.30. The molecule has 3 amide bonds. The van der Waals surface area contributed by atoms with Crippen LogP contribution in [0.15, 0.2) is 24.3 Å². The van der Waals surface area contributed by atoms with Crippen LogP contribution < -0.4 is 10.6 Å². The fourth-order valence-corrected chi connectivity index (χ4v) is 4.11. The molecule has 1 saturated heterocycles. The van der Waals surface area contributed by atoms with Gasteiger partial charge in [0.1, 0.15) is 0 Å². The van der Waals surface area contributed by atoms with Crippen LogP contribution in [0.1, 0.15) is 36.8 Å². The Morgan fingerprint density at radius 3 is 2.42 bits per heavy atom. The van der Waals surface area contributed by atoms with E-state index in [1.807, 2.05) is 24.3 Å². The van der Waals surface area contributed by atoms with Gasteiger partial charge in [-0.2, -0.15) is 0 Å². The van der Waals surface area contributed by atoms with Gasteiger partial charge in [-0.25, -0.2) is 0 Å². The summed E-state index contributed by atoms with van der Waals surface area (Å²) < 4.78 is 0. The van der Waals surface area contributed by atoms with Gasteiger partial charge >= 0.3 is 0 Å². The van der Waals surface area contributed by atoms with Crippen molar-refractivity contribution in [2.45, 2.75) is 43.8 Å². The molecule has 0 spiro atoms. The molecule has 128 valence electrons. The highest BCUT2D eigenvalue weighted by Crippen LogP contribution is 2.25. The molecule has 0 aromatic heterocycles. The molecule has 1 aliphatic heterocycles. The van der Waals surface area contributed by atoms with E-state index in [9.17, 15) is 14.4 Å². The van der Waals surface area contributed by atoms with Gasteiger partial charge in [-0.1, -0.05) is 48.9 Å². The van der Waals surface area contributed by atoms with Crippen LogP contribution in [0.3, 0.4) is 0 Å². The number of nitrogens with one attached hydrogen (secondary N) is 2. The highest BCUT2D eigenvalue weighted by molar-refractivity contribution is 8.15. The van der Waals surface area contributed by atoms with E-state index in [2.05, 4.69) is 10.6 Å². The summed E-state index contributed by atoms with van der Waals surface area (Å²) in [6, 6.07) is 8.03. The van der Waals surface area contributed by atoms with Crippen LogP contribution in [-0.2, 0) is 22.4 Å². The van der Waals surface area contributed by atoms with Crippen molar-refractivity contribution in [1.29, 1.82) is 0 Å². The molecule has 1 saturated carbocycles. The largest absolute Gasteiger partial charge is 0.356 e. The first-order valence-corrected chi connectivity index (χ1v) is 9.37. The van der Waals surface area contributed by atoms with Crippen LogP contribution in [0, 0.1) is 5.92 Å². The monoisotopic (exact) mass is 346 g/mol. The maximum absolute atomic E-state index is 12.0. The molecule has 24 heavy (non-hydrogen) atoms. The standard InChI is InChI=1S/C18H22N2O3S/c21-16(14-3-1-2-4-14)19-10-9-12-5-7-13(8-6-12)11-15-17(22)20-18(23)24-15/h5-8,14-15H,1-4,9-11H2,(H,19,21)(H,20,22,23). The zero-order valence-corrected chi connectivity index (χ0v) is 14.4. The van der Waals surface area contributed by atoms with E-state index in [0.29, 0.717) is 13.0 Å². The van der Waals surface area contributed by atoms with Crippen molar-refractivity contribution in [3.05, 3.63) is 35.4 Å². The summed E-state index contributed by atoms with van der Waals surface area (Å²) in [6.45, 7) is 0.657. The number of benzene rings is 1. The molecule has 1 aromatic rings. The molecule has 2 aliphatic rings. The zero-order chi connectivity index (χ0) is 16.9. The first-order chi connectivity index (χ1) is 11.6. The molecule has 2 N–H and O–H groups in total. The number of rotatable bonds is 6. The van der Waals surface area contributed by atoms with Crippen molar-refractivity contribution in [2.24, 2.45) is 5.92 Å². The van der Waals surface area contributed by atoms with Gasteiger partial charge in [-0.3, -0.25) is 19.7 Å². The molecule has 0 bridgehead atoms. The Morgan fingerprint density at radius 1 is 1.12 bits per heavy atom. The van der Waals surface area contributed by atoms with Crippen molar-refractivity contribution in [3.8, 4) is 0 Å². The Hall–Kier alpha value is -1.82. The summed E-state index contributed by atoms with van der Waals surface area (Å²) in [5.41, 5.74) is 2.20. The van der Waals surface area contributed by atoms with Gasteiger partial charge in [-0.15, -0.1) is 0 Å². The molecule has 0 radical (unpaired) electrons. The lowest BCUT2D eigenvalue weighted by Gasteiger charge is -2.11. The highest BCUT2D eigenvalue weighted by atomic mass is 32.2. The van der Waals surface area contributed by atoms with Crippen molar-refractivity contribution < 1.29 is 14.4 Å². The van der Waals surface area contributed by atoms with E-state index in [-0.39, 0.29) is 28.2 Å². The summed E-state index contributed by atoms with van der Waals surface area (Å²) in [7, 11) is 0. The summed E-state index contributed by atoms with van der Waals surface area (Å²) in [5.74, 6) is 0.201. The molecule has 1 heterocycles. The van der Waals surface area contributed by atoms with Crippen molar-refractivity contribution in [1.82, 2.24) is 10.6 Å². The van der Waals surface area contributed by atoms with Crippen LogP contribution in [-0.4, -0.2) is 28.8 Å². The van der Waals surface area contributed by atoms with Crippen LogP contribution in [0.5, 0.6) is 0 Å². The van der Waals surface area contributed by atoms with Crippen LogP contribution in [0.25, 0.3) is 0 Å². The van der Waals surface area contributed by atoms with Gasteiger partial charge in [0.05, 0.1) is 5.25 Å². The summed E-state index contributed by atoms with van der Waals surface area (Å²) in [6.07, 6.45) is 5.74. The Kier molecular flexibility index (Phi) is 5.56. The average Bonchev–Trinajstić information content (AvgIpc) is 3.19. The number of thioether (sulfide) groups is 1. The maximum atomic E-state index is 12.0. The minimum Gasteiger partial charge on any atom is -0.356 e. The van der Waals surface area contributed by atoms with Gasteiger partial charge in [-0.05, 0) is 36.8 Å². The minimum atomic E-state index is -0.325. The number of carbonyl (C=O) groups excluding carboxylic acids is 3. The quantitative estimate of drug-likeness (QED) is 0.829. The van der Waals surface area contributed by atoms with E-state index in [0.717, 1.165) is 42.2 Å². The first-order valence-electron chi connectivity index (χ1n) is 8.49. The Labute approximate surface area is 146 Å². The molecular weight excluding hydrogens is 324 g/mol. The first kappa shape index (κ1) is 17.0. The second-order valence-electron chi connectivity index (χ2n) is 6.43. The highest BCUT2D eigenvalue weighted by Gasteiger charge is 2.31. The van der Waals surface area contributed by atoms with Gasteiger partial charge in [0.15, 0.2) is 0 Å². The fourth-order valence-electron chi connectivity index (χ4n) is 3.25. The van der Waals surface area contributed by atoms with E-state index >= 15 is 0 Å². The number of carbonyl (C=O) groups is 3. The topological polar surface area (TPSA) is 75.3 Å². The number of imide groups is 1. The van der Waals surface area contributed by atoms with Gasteiger partial charge < -0.3 is 5.32 Å². The van der Waals surface area contributed by atoms with Crippen molar-refractivity contribution in [3.63, 3.8) is 0 Å². The van der Waals surface area contributed by atoms with Crippen LogP contribution in [0.4, 0.5) is 4.79 Å². The SMILES string of the molecule is O=C1NC(=O)C(Cc2ccc(CCNC(=O)C3CCCC3)cc2)S1. The molecule has 6 heteroatoms. The normalized spacial score (nSPS) is 21.1. The molecule has 1 unspecified atom stereocenters. The van der Waals surface area contributed by atoms with Crippen molar-refractivity contribution in [2.75, 3.05) is 6.54 Å². The molecule has 1 atom stereocenters. The lowest BCUT2D eigenvalue weighted by atomic mass is 10.0. The third-order valence-electron chi connectivity index (χ3n) is 4.65. The maximum Gasteiger partial charge on any atom is 0.286 e. The van der Waals surface area contributed by atoms with Crippen LogP contribution >= 0.6 is 11.8 Å². The predicted molar refractivity (Wildman–Crippen MR) is 93.7 cm³/mol. The fraction of sp³-hybridized carbons (Fsp3) is 0.500. The number of amides is 3. The number of hydrogen-bond donors (Lipinski definition) is 2. The molecule has 2 fully saturated rings. The van der Waals surface area contributed by atoms with Gasteiger partial charge in [0, 0.05) is 12.5 Å². The summed E-state index contributed by atoms with van der Waals surface area (Å²) in [5, 5.41) is 4.74. The minimum absolute atomic E-state index is 0.193. The Morgan fingerprint density at radius 2 is 1.79 bits per heavy atom. The van der Waals surface area contributed by atoms with Crippen LogP contribution in [0.2, 0.25) is 0 Å². The Balaban J connectivity index is 1.43. The number of hydrogen-bond acceptors (Lipinski definition) is 4. The smallest absolute Gasteiger partial charge is 0.286 e. The third kappa shape index (κ3) is 4.38. The van der Waals surface area contributed by atoms with Gasteiger partial charge in [0.2, 0.25) is 11.8 Å². The lowest BCUT2D eigenvalue weighted by molar-refractivity contribution is -0.124. The third-order valence-corrected chi connectivity index (χ3v) is 5.63. The molecule has 1 aliphatic carbocycles. The van der Waals surface area contributed by atoms with E-state index in [4.69, 9.17) is 0 Å². The molecule has 1 aromatic carbocycles. The predicted octanol–water partition coefficient (Wildman–Crippen LogP) is 2.43.